The second kappa shape index (κ2) is 7.89. The third-order valence-electron chi connectivity index (χ3n) is 3.95. The van der Waals surface area contributed by atoms with Crippen LogP contribution in [0, 0.1) is 0 Å². The molecule has 2 aromatic carbocycles. The molecule has 0 unspecified atom stereocenters. The van der Waals surface area contributed by atoms with Crippen molar-refractivity contribution in [2.45, 2.75) is 37.8 Å². The van der Waals surface area contributed by atoms with E-state index < -0.39 is 10.0 Å². The summed E-state index contributed by atoms with van der Waals surface area (Å²) in [5.74, 6) is -0.149. The number of hydrogen-bond donors (Lipinski definition) is 2. The molecule has 0 aliphatic carbocycles. The molecule has 0 bridgehead atoms. The molecule has 0 aliphatic rings. The van der Waals surface area contributed by atoms with E-state index in [-0.39, 0.29) is 23.3 Å². The Kier molecular flexibility index (Phi) is 5.57. The lowest BCUT2D eigenvalue weighted by Crippen LogP contribution is -2.30. The first-order valence-corrected chi connectivity index (χ1v) is 10.2. The van der Waals surface area contributed by atoms with Gasteiger partial charge in [-0.15, -0.1) is 0 Å². The van der Waals surface area contributed by atoms with Gasteiger partial charge in [-0.05, 0) is 50.2 Å². The predicted octanol–water partition coefficient (Wildman–Crippen LogP) is 2.75. The number of aromatic nitrogens is 2. The lowest BCUT2D eigenvalue weighted by Gasteiger charge is -2.10. The van der Waals surface area contributed by atoms with Crippen LogP contribution in [0.5, 0.6) is 0 Å². The highest BCUT2D eigenvalue weighted by atomic mass is 32.2. The van der Waals surface area contributed by atoms with Crippen molar-refractivity contribution >= 4 is 32.7 Å². The second-order valence-corrected chi connectivity index (χ2v) is 8.24. The molecule has 0 aliphatic heterocycles. The highest BCUT2D eigenvalue weighted by Crippen LogP contribution is 2.15. The Bertz CT molecular complexity index is 1040. The topological polar surface area (TPSA) is 93.1 Å². The van der Waals surface area contributed by atoms with E-state index in [1.165, 1.54) is 12.1 Å². The molecule has 8 heteroatoms. The molecular weight excluding hydrogens is 364 g/mol. The molecular formula is C19H22N4O3S. The Morgan fingerprint density at radius 1 is 1.11 bits per heavy atom. The maximum absolute atomic E-state index is 12.2. The first kappa shape index (κ1) is 19.1. The highest BCUT2D eigenvalue weighted by Gasteiger charge is 2.15. The van der Waals surface area contributed by atoms with Crippen molar-refractivity contribution in [2.75, 3.05) is 5.32 Å². The zero-order valence-electron chi connectivity index (χ0n) is 15.2. The van der Waals surface area contributed by atoms with Crippen LogP contribution >= 0.6 is 0 Å². The van der Waals surface area contributed by atoms with Crippen LogP contribution < -0.4 is 10.0 Å². The maximum atomic E-state index is 12.2. The average molecular weight is 386 g/mol. The minimum atomic E-state index is -3.54. The molecule has 0 atom stereocenters. The molecule has 0 spiro atoms. The molecule has 3 aromatic rings. The van der Waals surface area contributed by atoms with Crippen molar-refractivity contribution in [3.63, 3.8) is 0 Å². The van der Waals surface area contributed by atoms with E-state index in [0.717, 1.165) is 11.0 Å². The fourth-order valence-electron chi connectivity index (χ4n) is 2.73. The Morgan fingerprint density at radius 2 is 1.81 bits per heavy atom. The van der Waals surface area contributed by atoms with Crippen LogP contribution in [-0.4, -0.2) is 29.9 Å². The number of benzene rings is 2. The third-order valence-corrected chi connectivity index (χ3v) is 5.62. The van der Waals surface area contributed by atoms with Crippen molar-refractivity contribution in [3.05, 3.63) is 54.9 Å². The van der Waals surface area contributed by atoms with Crippen LogP contribution in [0.15, 0.2) is 59.8 Å². The number of sulfonamides is 1. The summed E-state index contributed by atoms with van der Waals surface area (Å²) in [4.78, 5) is 16.7. The van der Waals surface area contributed by atoms with Crippen LogP contribution in [0.4, 0.5) is 5.69 Å². The normalized spacial score (nSPS) is 11.8. The zero-order valence-corrected chi connectivity index (χ0v) is 16.0. The summed E-state index contributed by atoms with van der Waals surface area (Å²) in [7, 11) is -3.54. The number of anilines is 1. The monoisotopic (exact) mass is 386 g/mol. The van der Waals surface area contributed by atoms with Crippen molar-refractivity contribution in [3.8, 4) is 0 Å². The Hall–Kier alpha value is -2.71. The standard InChI is InChI=1S/C19H22N4O3S/c1-14(2)22-27(25,26)16-9-7-15(8-10-16)21-19(24)11-12-23-13-20-17-5-3-4-6-18(17)23/h3-10,13-14,22H,11-12H2,1-2H3,(H,21,24). The summed E-state index contributed by atoms with van der Waals surface area (Å²) >= 11 is 0. The number of carbonyl (C=O) groups is 1. The number of aryl methyl sites for hydroxylation is 1. The molecule has 3 rings (SSSR count). The van der Waals surface area contributed by atoms with E-state index in [0.29, 0.717) is 12.2 Å². The fraction of sp³-hybridized carbons (Fsp3) is 0.263. The number of rotatable bonds is 7. The number of fused-ring (bicyclic) bond motifs is 1. The summed E-state index contributed by atoms with van der Waals surface area (Å²) in [6, 6.07) is 13.7. The van der Waals surface area contributed by atoms with Crippen LogP contribution in [0.2, 0.25) is 0 Å². The quantitative estimate of drug-likeness (QED) is 0.653. The van der Waals surface area contributed by atoms with E-state index in [1.54, 1.807) is 32.3 Å². The molecule has 0 radical (unpaired) electrons. The van der Waals surface area contributed by atoms with Gasteiger partial charge in [0.15, 0.2) is 0 Å². The predicted molar refractivity (Wildman–Crippen MR) is 105 cm³/mol. The molecule has 1 amide bonds. The second-order valence-electron chi connectivity index (χ2n) is 6.53. The van der Waals surface area contributed by atoms with Gasteiger partial charge < -0.3 is 9.88 Å². The van der Waals surface area contributed by atoms with E-state index in [4.69, 9.17) is 0 Å². The van der Waals surface area contributed by atoms with E-state index in [9.17, 15) is 13.2 Å². The molecule has 1 aromatic heterocycles. The summed E-state index contributed by atoms with van der Waals surface area (Å²) < 4.78 is 28.7. The average Bonchev–Trinajstić information content (AvgIpc) is 3.02. The maximum Gasteiger partial charge on any atom is 0.240 e. The zero-order chi connectivity index (χ0) is 19.4. The molecule has 0 fully saturated rings. The van der Waals surface area contributed by atoms with Gasteiger partial charge in [-0.2, -0.15) is 0 Å². The number of imidazole rings is 1. The van der Waals surface area contributed by atoms with E-state index >= 15 is 0 Å². The SMILES string of the molecule is CC(C)NS(=O)(=O)c1ccc(NC(=O)CCn2cnc3ccccc32)cc1. The van der Waals surface area contributed by atoms with Gasteiger partial charge in [0.2, 0.25) is 15.9 Å². The molecule has 1 heterocycles. The number of carbonyl (C=O) groups excluding carboxylic acids is 1. The minimum absolute atomic E-state index is 0.149. The van der Waals surface area contributed by atoms with E-state index in [2.05, 4.69) is 15.0 Å². The number of hydrogen-bond acceptors (Lipinski definition) is 4. The van der Waals surface area contributed by atoms with Crippen LogP contribution in [0.25, 0.3) is 11.0 Å². The van der Waals surface area contributed by atoms with Crippen LogP contribution in [0.3, 0.4) is 0 Å². The first-order valence-electron chi connectivity index (χ1n) is 8.67. The number of para-hydroxylation sites is 2. The van der Waals surface area contributed by atoms with Crippen LogP contribution in [-0.2, 0) is 21.4 Å². The molecule has 7 nitrogen and oxygen atoms in total. The number of nitrogens with zero attached hydrogens (tertiary/aromatic N) is 2. The summed E-state index contributed by atoms with van der Waals surface area (Å²) in [5, 5.41) is 2.78. The molecule has 0 saturated heterocycles. The lowest BCUT2D eigenvalue weighted by atomic mass is 10.3. The van der Waals surface area contributed by atoms with Crippen molar-refractivity contribution in [1.82, 2.24) is 14.3 Å². The Balaban J connectivity index is 1.59. The van der Waals surface area contributed by atoms with Gasteiger partial charge in [0.1, 0.15) is 0 Å². The van der Waals surface area contributed by atoms with Gasteiger partial charge in [0.05, 0.1) is 22.3 Å². The van der Waals surface area contributed by atoms with E-state index in [1.807, 2.05) is 28.8 Å². The first-order chi connectivity index (χ1) is 12.8. The van der Waals surface area contributed by atoms with Crippen LogP contribution in [0.1, 0.15) is 20.3 Å². The molecule has 0 saturated carbocycles. The van der Waals surface area contributed by atoms with Gasteiger partial charge in [0, 0.05) is 24.7 Å². The van der Waals surface area contributed by atoms with Gasteiger partial charge in [0.25, 0.3) is 0 Å². The van der Waals surface area contributed by atoms with Crippen molar-refractivity contribution in [1.29, 1.82) is 0 Å². The molecule has 27 heavy (non-hydrogen) atoms. The van der Waals surface area contributed by atoms with Crippen molar-refractivity contribution < 1.29 is 13.2 Å². The fourth-order valence-corrected chi connectivity index (χ4v) is 3.98. The summed E-state index contributed by atoms with van der Waals surface area (Å²) in [6.07, 6.45) is 2.01. The number of nitrogens with one attached hydrogen (secondary N) is 2. The smallest absolute Gasteiger partial charge is 0.240 e. The number of amides is 1. The van der Waals surface area contributed by atoms with Gasteiger partial charge in [-0.1, -0.05) is 12.1 Å². The summed E-state index contributed by atoms with van der Waals surface area (Å²) in [6.45, 7) is 4.03. The Labute approximate surface area is 158 Å². The highest BCUT2D eigenvalue weighted by molar-refractivity contribution is 7.89. The Morgan fingerprint density at radius 3 is 2.52 bits per heavy atom. The van der Waals surface area contributed by atoms with Gasteiger partial charge >= 0.3 is 0 Å². The third kappa shape index (κ3) is 4.72. The minimum Gasteiger partial charge on any atom is -0.330 e. The summed E-state index contributed by atoms with van der Waals surface area (Å²) in [5.41, 5.74) is 2.43. The van der Waals surface area contributed by atoms with Crippen molar-refractivity contribution in [2.24, 2.45) is 0 Å². The molecule has 2 N–H and O–H groups in total. The lowest BCUT2D eigenvalue weighted by molar-refractivity contribution is -0.116. The molecule has 142 valence electrons. The van der Waals surface area contributed by atoms with Gasteiger partial charge in [-0.25, -0.2) is 18.1 Å². The van der Waals surface area contributed by atoms with Gasteiger partial charge in [-0.3, -0.25) is 4.79 Å². The largest absolute Gasteiger partial charge is 0.330 e.